The number of rotatable bonds is 12. The Morgan fingerprint density at radius 1 is 1.05 bits per heavy atom. The molecule has 1 aliphatic carbocycles. The molecule has 0 heterocycles. The summed E-state index contributed by atoms with van der Waals surface area (Å²) in [7, 11) is 3.56. The highest BCUT2D eigenvalue weighted by Crippen LogP contribution is 2.28. The molecule has 20 heavy (non-hydrogen) atoms. The Kier molecular flexibility index (Phi) is 10.3. The zero-order chi connectivity index (χ0) is 14.6. The highest BCUT2D eigenvalue weighted by Gasteiger charge is 2.26. The van der Waals surface area contributed by atoms with E-state index >= 15 is 0 Å². The first kappa shape index (κ1) is 17.9. The van der Waals surface area contributed by atoms with Gasteiger partial charge in [0.15, 0.2) is 0 Å². The van der Waals surface area contributed by atoms with Crippen LogP contribution in [-0.2, 0) is 9.47 Å². The molecule has 0 radical (unpaired) electrons. The third-order valence-electron chi connectivity index (χ3n) is 4.38. The summed E-state index contributed by atoms with van der Waals surface area (Å²) in [5, 5.41) is 3.65. The molecule has 0 amide bonds. The lowest BCUT2D eigenvalue weighted by molar-refractivity contribution is 0.127. The molecule has 0 aromatic heterocycles. The van der Waals surface area contributed by atoms with Crippen LogP contribution in [-0.4, -0.2) is 64.6 Å². The molecule has 0 bridgehead atoms. The minimum Gasteiger partial charge on any atom is -0.385 e. The van der Waals surface area contributed by atoms with E-state index in [1.807, 2.05) is 0 Å². The molecule has 1 fully saturated rings. The van der Waals surface area contributed by atoms with Crippen molar-refractivity contribution >= 4 is 0 Å². The van der Waals surface area contributed by atoms with Crippen LogP contribution in [0.2, 0.25) is 0 Å². The molecular formula is C16H34N2O2. The summed E-state index contributed by atoms with van der Waals surface area (Å²) in [5.74, 6) is 0.863. The van der Waals surface area contributed by atoms with Crippen LogP contribution in [0.25, 0.3) is 0 Å². The van der Waals surface area contributed by atoms with E-state index < -0.39 is 0 Å². The van der Waals surface area contributed by atoms with Gasteiger partial charge < -0.3 is 19.7 Å². The van der Waals surface area contributed by atoms with Gasteiger partial charge in [0.25, 0.3) is 0 Å². The molecule has 1 rings (SSSR count). The van der Waals surface area contributed by atoms with Gasteiger partial charge in [0.05, 0.1) is 6.61 Å². The lowest BCUT2D eigenvalue weighted by Gasteiger charge is -2.26. The highest BCUT2D eigenvalue weighted by molar-refractivity contribution is 4.83. The van der Waals surface area contributed by atoms with Gasteiger partial charge in [-0.15, -0.1) is 0 Å². The molecule has 1 aliphatic rings. The molecule has 4 heteroatoms. The second kappa shape index (κ2) is 11.5. The van der Waals surface area contributed by atoms with Gasteiger partial charge in [0, 0.05) is 40.0 Å². The Morgan fingerprint density at radius 3 is 2.55 bits per heavy atom. The standard InChI is InChI=1S/C16H34N2O2/c1-4-17-16-8-5-7-15(16)9-11-18(12-14-20-3)10-6-13-19-2/h15-17H,4-14H2,1-3H3. The summed E-state index contributed by atoms with van der Waals surface area (Å²) in [6, 6.07) is 0.753. The zero-order valence-electron chi connectivity index (χ0n) is 13.7. The average molecular weight is 286 g/mol. The maximum absolute atomic E-state index is 5.22. The number of hydrogen-bond donors (Lipinski definition) is 1. The smallest absolute Gasteiger partial charge is 0.0589 e. The van der Waals surface area contributed by atoms with E-state index in [-0.39, 0.29) is 0 Å². The number of nitrogens with zero attached hydrogens (tertiary/aromatic N) is 1. The Morgan fingerprint density at radius 2 is 1.85 bits per heavy atom. The second-order valence-electron chi connectivity index (χ2n) is 5.82. The van der Waals surface area contributed by atoms with E-state index in [1.54, 1.807) is 14.2 Å². The quantitative estimate of drug-likeness (QED) is 0.557. The van der Waals surface area contributed by atoms with Crippen molar-refractivity contribution < 1.29 is 9.47 Å². The molecule has 2 atom stereocenters. The normalized spacial score (nSPS) is 22.8. The fourth-order valence-corrected chi connectivity index (χ4v) is 3.25. The molecule has 0 aliphatic heterocycles. The number of nitrogens with one attached hydrogen (secondary N) is 1. The average Bonchev–Trinajstić information content (AvgIpc) is 2.89. The van der Waals surface area contributed by atoms with Crippen LogP contribution in [0.5, 0.6) is 0 Å². The first-order valence-electron chi connectivity index (χ1n) is 8.25. The third kappa shape index (κ3) is 7.02. The molecule has 4 nitrogen and oxygen atoms in total. The molecule has 1 N–H and O–H groups in total. The first-order chi connectivity index (χ1) is 9.81. The monoisotopic (exact) mass is 286 g/mol. The zero-order valence-corrected chi connectivity index (χ0v) is 13.7. The van der Waals surface area contributed by atoms with E-state index in [9.17, 15) is 0 Å². The van der Waals surface area contributed by atoms with Gasteiger partial charge in [-0.3, -0.25) is 0 Å². The molecule has 2 unspecified atom stereocenters. The fraction of sp³-hybridized carbons (Fsp3) is 1.00. The molecule has 0 spiro atoms. The van der Waals surface area contributed by atoms with E-state index in [4.69, 9.17) is 9.47 Å². The van der Waals surface area contributed by atoms with E-state index in [0.29, 0.717) is 0 Å². The van der Waals surface area contributed by atoms with Crippen molar-refractivity contribution in [2.24, 2.45) is 5.92 Å². The Hall–Kier alpha value is -0.160. The van der Waals surface area contributed by atoms with Crippen LogP contribution in [0.1, 0.15) is 39.0 Å². The summed E-state index contributed by atoms with van der Waals surface area (Å²) < 4.78 is 10.4. The van der Waals surface area contributed by atoms with Crippen molar-refractivity contribution in [1.29, 1.82) is 0 Å². The van der Waals surface area contributed by atoms with Crippen molar-refractivity contribution in [1.82, 2.24) is 10.2 Å². The van der Waals surface area contributed by atoms with Gasteiger partial charge >= 0.3 is 0 Å². The van der Waals surface area contributed by atoms with Crippen molar-refractivity contribution in [2.45, 2.75) is 45.1 Å². The lowest BCUT2D eigenvalue weighted by Crippen LogP contribution is -2.36. The maximum Gasteiger partial charge on any atom is 0.0589 e. The molecule has 120 valence electrons. The molecule has 0 aromatic carbocycles. The summed E-state index contributed by atoms with van der Waals surface area (Å²) in [6.07, 6.45) is 6.58. The number of hydrogen-bond acceptors (Lipinski definition) is 4. The van der Waals surface area contributed by atoms with E-state index in [0.717, 1.165) is 51.2 Å². The fourth-order valence-electron chi connectivity index (χ4n) is 3.25. The van der Waals surface area contributed by atoms with Crippen LogP contribution in [0.15, 0.2) is 0 Å². The second-order valence-corrected chi connectivity index (χ2v) is 5.82. The van der Waals surface area contributed by atoms with Gasteiger partial charge in [-0.2, -0.15) is 0 Å². The van der Waals surface area contributed by atoms with Crippen LogP contribution < -0.4 is 5.32 Å². The summed E-state index contributed by atoms with van der Waals surface area (Å²) in [4.78, 5) is 2.53. The minimum atomic E-state index is 0.753. The molecule has 0 aromatic rings. The van der Waals surface area contributed by atoms with Gasteiger partial charge in [-0.1, -0.05) is 13.3 Å². The molecular weight excluding hydrogens is 252 g/mol. The van der Waals surface area contributed by atoms with Crippen molar-refractivity contribution in [3.05, 3.63) is 0 Å². The maximum atomic E-state index is 5.22. The Balaban J connectivity index is 2.28. The molecule has 0 saturated heterocycles. The minimum absolute atomic E-state index is 0.753. The summed E-state index contributed by atoms with van der Waals surface area (Å²) in [5.41, 5.74) is 0. The third-order valence-corrected chi connectivity index (χ3v) is 4.38. The summed E-state index contributed by atoms with van der Waals surface area (Å²) >= 11 is 0. The largest absolute Gasteiger partial charge is 0.385 e. The van der Waals surface area contributed by atoms with Gasteiger partial charge in [0.1, 0.15) is 0 Å². The van der Waals surface area contributed by atoms with Crippen LogP contribution >= 0.6 is 0 Å². The van der Waals surface area contributed by atoms with Crippen molar-refractivity contribution in [3.8, 4) is 0 Å². The molecule has 1 saturated carbocycles. The summed E-state index contributed by atoms with van der Waals surface area (Å²) in [6.45, 7) is 8.35. The number of ether oxygens (including phenoxy) is 2. The first-order valence-corrected chi connectivity index (χ1v) is 8.25. The van der Waals surface area contributed by atoms with Crippen molar-refractivity contribution in [3.63, 3.8) is 0 Å². The predicted molar refractivity (Wildman–Crippen MR) is 84.2 cm³/mol. The lowest BCUT2D eigenvalue weighted by atomic mass is 9.99. The number of methoxy groups -OCH3 is 2. The Bertz CT molecular complexity index is 227. The van der Waals surface area contributed by atoms with Gasteiger partial charge in [-0.25, -0.2) is 0 Å². The van der Waals surface area contributed by atoms with Crippen molar-refractivity contribution in [2.75, 3.05) is 53.6 Å². The van der Waals surface area contributed by atoms with Crippen LogP contribution in [0.3, 0.4) is 0 Å². The topological polar surface area (TPSA) is 33.7 Å². The van der Waals surface area contributed by atoms with E-state index in [2.05, 4.69) is 17.1 Å². The van der Waals surface area contributed by atoms with Crippen LogP contribution in [0.4, 0.5) is 0 Å². The highest BCUT2D eigenvalue weighted by atomic mass is 16.5. The van der Waals surface area contributed by atoms with Crippen LogP contribution in [0, 0.1) is 5.92 Å². The van der Waals surface area contributed by atoms with Gasteiger partial charge in [0.2, 0.25) is 0 Å². The van der Waals surface area contributed by atoms with Gasteiger partial charge in [-0.05, 0) is 44.7 Å². The predicted octanol–water partition coefficient (Wildman–Crippen LogP) is 2.14. The SMILES string of the molecule is CCNC1CCCC1CCN(CCCOC)CCOC. The van der Waals surface area contributed by atoms with E-state index in [1.165, 1.54) is 32.2 Å². The Labute approximate surface area is 125 Å².